The number of benzene rings is 1. The minimum absolute atomic E-state index is 0.280. The van der Waals surface area contributed by atoms with Crippen LogP contribution < -0.4 is 0 Å². The van der Waals surface area contributed by atoms with E-state index in [0.717, 1.165) is 23.5 Å². The topological polar surface area (TPSA) is 69.4 Å². The molecule has 0 saturated heterocycles. The molecule has 0 saturated carbocycles. The highest BCUT2D eigenvalue weighted by Gasteiger charge is 2.18. The van der Waals surface area contributed by atoms with Crippen LogP contribution in [0.3, 0.4) is 0 Å². The van der Waals surface area contributed by atoms with E-state index < -0.39 is 22.4 Å². The lowest BCUT2D eigenvalue weighted by molar-refractivity contribution is -0.387. The van der Waals surface area contributed by atoms with Crippen molar-refractivity contribution in [1.82, 2.24) is 0 Å². The molecule has 0 fully saturated rings. The third-order valence-electron chi connectivity index (χ3n) is 2.17. The van der Waals surface area contributed by atoms with Crippen molar-refractivity contribution in [2.75, 3.05) is 7.11 Å². The molecule has 0 bridgehead atoms. The first-order valence-electron chi connectivity index (χ1n) is 4.48. The molecule has 0 atom stereocenters. The monoisotopic (exact) mass is 255 g/mol. The summed E-state index contributed by atoms with van der Waals surface area (Å²) in [6.45, 7) is 0. The smallest absolute Gasteiger partial charge is 0.348 e. The molecular formula is C10H6FNO4S. The largest absolute Gasteiger partial charge is 0.465 e. The second-order valence-corrected chi connectivity index (χ2v) is 4.28. The summed E-state index contributed by atoms with van der Waals surface area (Å²) in [6, 6.07) is 3.59. The Morgan fingerprint density at radius 1 is 1.47 bits per heavy atom. The Kier molecular flexibility index (Phi) is 2.76. The molecule has 0 aliphatic carbocycles. The Bertz CT molecular complexity index is 622. The summed E-state index contributed by atoms with van der Waals surface area (Å²) in [5.74, 6) is -1.46. The summed E-state index contributed by atoms with van der Waals surface area (Å²) in [5.41, 5.74) is -0.605. The molecule has 5 nitrogen and oxygen atoms in total. The van der Waals surface area contributed by atoms with Gasteiger partial charge < -0.3 is 4.74 Å². The van der Waals surface area contributed by atoms with Crippen LogP contribution in [0.25, 0.3) is 10.1 Å². The van der Waals surface area contributed by atoms with E-state index in [2.05, 4.69) is 4.74 Å². The lowest BCUT2D eigenvalue weighted by Crippen LogP contribution is -1.96. The van der Waals surface area contributed by atoms with Crippen LogP contribution in [0, 0.1) is 15.9 Å². The number of hydrogen-bond acceptors (Lipinski definition) is 5. The summed E-state index contributed by atoms with van der Waals surface area (Å²) in [7, 11) is 1.23. The van der Waals surface area contributed by atoms with Gasteiger partial charge in [0.05, 0.1) is 12.0 Å². The quantitative estimate of drug-likeness (QED) is 0.470. The molecule has 0 spiro atoms. The molecule has 1 heterocycles. The Hall–Kier alpha value is -2.02. The number of esters is 1. The molecule has 0 aliphatic rings. The van der Waals surface area contributed by atoms with Gasteiger partial charge in [-0.3, -0.25) is 10.1 Å². The van der Waals surface area contributed by atoms with Crippen LogP contribution in [0.5, 0.6) is 0 Å². The molecule has 7 heteroatoms. The lowest BCUT2D eigenvalue weighted by Gasteiger charge is -1.93. The lowest BCUT2D eigenvalue weighted by atomic mass is 10.2. The minimum atomic E-state index is -0.916. The van der Waals surface area contributed by atoms with Gasteiger partial charge in [0.15, 0.2) is 0 Å². The summed E-state index contributed by atoms with van der Waals surface area (Å²) in [4.78, 5) is 21.3. The Labute approximate surface area is 98.6 Å². The van der Waals surface area contributed by atoms with Crippen LogP contribution in [0.15, 0.2) is 18.2 Å². The van der Waals surface area contributed by atoms with Crippen LogP contribution in [0.2, 0.25) is 0 Å². The van der Waals surface area contributed by atoms with Gasteiger partial charge in [-0.15, -0.1) is 11.3 Å². The number of methoxy groups -OCH3 is 1. The summed E-state index contributed by atoms with van der Waals surface area (Å²) < 4.78 is 18.3. The van der Waals surface area contributed by atoms with Crippen molar-refractivity contribution in [2.24, 2.45) is 0 Å². The van der Waals surface area contributed by atoms with E-state index in [4.69, 9.17) is 0 Å². The predicted molar refractivity (Wildman–Crippen MR) is 59.8 cm³/mol. The van der Waals surface area contributed by atoms with E-state index in [1.807, 2.05) is 0 Å². The van der Waals surface area contributed by atoms with Gasteiger partial charge in [0.2, 0.25) is 5.82 Å². The predicted octanol–water partition coefficient (Wildman–Crippen LogP) is 2.74. The van der Waals surface area contributed by atoms with E-state index in [0.29, 0.717) is 10.1 Å². The molecule has 0 N–H and O–H groups in total. The maximum Gasteiger partial charge on any atom is 0.348 e. The van der Waals surface area contributed by atoms with E-state index in [-0.39, 0.29) is 4.88 Å². The molecule has 0 unspecified atom stereocenters. The Morgan fingerprint density at radius 2 is 2.18 bits per heavy atom. The number of thiophene rings is 1. The highest BCUT2D eigenvalue weighted by atomic mass is 32.1. The number of ether oxygens (including phenoxy) is 1. The number of carbonyl (C=O) groups is 1. The fourth-order valence-electron chi connectivity index (χ4n) is 1.39. The molecule has 0 radical (unpaired) electrons. The normalized spacial score (nSPS) is 10.5. The van der Waals surface area contributed by atoms with Crippen LogP contribution in [0.1, 0.15) is 9.67 Å². The molecular weight excluding hydrogens is 249 g/mol. The number of carbonyl (C=O) groups excluding carboxylic acids is 1. The van der Waals surface area contributed by atoms with Crippen molar-refractivity contribution in [2.45, 2.75) is 0 Å². The molecule has 2 aromatic rings. The first kappa shape index (κ1) is 11.5. The van der Waals surface area contributed by atoms with Crippen molar-refractivity contribution in [3.05, 3.63) is 39.0 Å². The third kappa shape index (κ3) is 1.96. The Balaban J connectivity index is 2.62. The van der Waals surface area contributed by atoms with Crippen molar-refractivity contribution in [3.63, 3.8) is 0 Å². The van der Waals surface area contributed by atoms with E-state index >= 15 is 0 Å². The summed E-state index contributed by atoms with van der Waals surface area (Å²) in [6.07, 6.45) is 0. The van der Waals surface area contributed by atoms with Gasteiger partial charge in [0.25, 0.3) is 0 Å². The first-order valence-corrected chi connectivity index (χ1v) is 5.30. The van der Waals surface area contributed by atoms with Gasteiger partial charge in [-0.2, -0.15) is 4.39 Å². The van der Waals surface area contributed by atoms with Crippen molar-refractivity contribution >= 4 is 33.1 Å². The number of nitro groups is 1. The SMILES string of the molecule is COC(=O)c1cc2cc([N+](=O)[O-])c(F)cc2s1. The van der Waals surface area contributed by atoms with E-state index in [1.165, 1.54) is 13.2 Å². The number of nitro benzene ring substituents is 1. The van der Waals surface area contributed by atoms with E-state index in [9.17, 15) is 19.3 Å². The number of hydrogen-bond donors (Lipinski definition) is 0. The zero-order valence-corrected chi connectivity index (χ0v) is 9.41. The molecule has 88 valence electrons. The van der Waals surface area contributed by atoms with Gasteiger partial charge in [-0.25, -0.2) is 4.79 Å². The summed E-state index contributed by atoms with van der Waals surface area (Å²) in [5, 5.41) is 11.0. The van der Waals surface area contributed by atoms with Crippen molar-refractivity contribution in [1.29, 1.82) is 0 Å². The second kappa shape index (κ2) is 4.10. The van der Waals surface area contributed by atoms with Gasteiger partial charge in [0.1, 0.15) is 4.88 Å². The van der Waals surface area contributed by atoms with Gasteiger partial charge in [-0.1, -0.05) is 0 Å². The van der Waals surface area contributed by atoms with Crippen molar-refractivity contribution in [3.8, 4) is 0 Å². The second-order valence-electron chi connectivity index (χ2n) is 3.20. The average molecular weight is 255 g/mol. The number of nitrogens with zero attached hydrogens (tertiary/aromatic N) is 1. The molecule has 1 aromatic carbocycles. The van der Waals surface area contributed by atoms with Crippen LogP contribution in [-0.2, 0) is 4.74 Å². The molecule has 0 amide bonds. The molecule has 0 aliphatic heterocycles. The zero-order chi connectivity index (χ0) is 12.6. The zero-order valence-electron chi connectivity index (χ0n) is 8.60. The standard InChI is InChI=1S/C10H6FNO4S/c1-16-10(13)9-3-5-2-7(12(14)15)6(11)4-8(5)17-9/h2-4H,1H3. The van der Waals surface area contributed by atoms with E-state index in [1.54, 1.807) is 0 Å². The van der Waals surface area contributed by atoms with Crippen molar-refractivity contribution < 1.29 is 18.8 Å². The third-order valence-corrected chi connectivity index (χ3v) is 3.25. The number of halogens is 1. The highest BCUT2D eigenvalue weighted by molar-refractivity contribution is 7.20. The molecule has 1 aromatic heterocycles. The van der Waals surface area contributed by atoms with Gasteiger partial charge in [-0.05, 0) is 12.1 Å². The minimum Gasteiger partial charge on any atom is -0.465 e. The van der Waals surface area contributed by atoms with Crippen LogP contribution in [0.4, 0.5) is 10.1 Å². The maximum absolute atomic E-state index is 13.3. The number of rotatable bonds is 2. The average Bonchev–Trinajstić information content (AvgIpc) is 2.69. The maximum atomic E-state index is 13.3. The summed E-state index contributed by atoms with van der Waals surface area (Å²) >= 11 is 1.03. The van der Waals surface area contributed by atoms with Crippen LogP contribution >= 0.6 is 11.3 Å². The molecule has 17 heavy (non-hydrogen) atoms. The van der Waals surface area contributed by atoms with Gasteiger partial charge >= 0.3 is 11.7 Å². The van der Waals surface area contributed by atoms with Gasteiger partial charge in [0, 0.05) is 16.2 Å². The fourth-order valence-corrected chi connectivity index (χ4v) is 2.38. The first-order chi connectivity index (χ1) is 8.02. The highest BCUT2D eigenvalue weighted by Crippen LogP contribution is 2.31. The number of fused-ring (bicyclic) bond motifs is 1. The van der Waals surface area contributed by atoms with Crippen LogP contribution in [-0.4, -0.2) is 18.0 Å². The fraction of sp³-hybridized carbons (Fsp3) is 0.100. The molecule has 2 rings (SSSR count). The Morgan fingerprint density at radius 3 is 2.76 bits per heavy atom.